The molecule has 2 atom stereocenters. The summed E-state index contributed by atoms with van der Waals surface area (Å²) in [7, 11) is -0.754. The molecule has 11 nitrogen and oxygen atoms in total. The molecular formula is C32H47ClN8O3S2. The van der Waals surface area contributed by atoms with Crippen LogP contribution in [0.4, 0.5) is 0 Å². The second-order valence-electron chi connectivity index (χ2n) is 11.4. The summed E-state index contributed by atoms with van der Waals surface area (Å²) in [6.45, 7) is 17.3. The lowest BCUT2D eigenvalue weighted by Crippen LogP contribution is -2.52. The van der Waals surface area contributed by atoms with Crippen LogP contribution in [-0.4, -0.2) is 147 Å². The van der Waals surface area contributed by atoms with Crippen molar-refractivity contribution in [2.75, 3.05) is 98.7 Å². The Morgan fingerprint density at radius 2 is 1.30 bits per heavy atom. The highest BCUT2D eigenvalue weighted by atomic mass is 35.5. The fourth-order valence-electron chi connectivity index (χ4n) is 5.92. The molecule has 2 aromatic carbocycles. The van der Waals surface area contributed by atoms with Gasteiger partial charge in [-0.3, -0.25) is 18.6 Å². The van der Waals surface area contributed by atoms with Crippen molar-refractivity contribution in [3.05, 3.63) is 59.1 Å². The van der Waals surface area contributed by atoms with E-state index in [-0.39, 0.29) is 0 Å². The van der Waals surface area contributed by atoms with Crippen LogP contribution in [0.3, 0.4) is 0 Å². The first-order valence-electron chi connectivity index (χ1n) is 16.2. The summed E-state index contributed by atoms with van der Waals surface area (Å²) in [5.41, 5.74) is 1.02. The van der Waals surface area contributed by atoms with Crippen LogP contribution < -0.4 is 4.74 Å². The number of nitrogens with zero attached hydrogens (tertiary/aromatic N) is 8. The maximum absolute atomic E-state index is 12.9. The van der Waals surface area contributed by atoms with Crippen molar-refractivity contribution in [1.29, 1.82) is 0 Å². The molecule has 0 radical (unpaired) electrons. The van der Waals surface area contributed by atoms with E-state index in [1.165, 1.54) is 0 Å². The van der Waals surface area contributed by atoms with Crippen molar-refractivity contribution in [2.45, 2.75) is 24.5 Å². The lowest BCUT2D eigenvalue weighted by molar-refractivity contribution is 0.184. The lowest BCUT2D eigenvalue weighted by atomic mass is 10.2. The summed E-state index contributed by atoms with van der Waals surface area (Å²) < 4.78 is 34.8. The molecule has 6 rings (SSSR count). The van der Waals surface area contributed by atoms with Gasteiger partial charge in [0.1, 0.15) is 16.7 Å². The van der Waals surface area contributed by atoms with Crippen LogP contribution in [0.5, 0.6) is 5.75 Å². The zero-order chi connectivity index (χ0) is 32.5. The van der Waals surface area contributed by atoms with E-state index in [2.05, 4.69) is 43.4 Å². The first-order valence-corrected chi connectivity index (χ1v) is 18.9. The van der Waals surface area contributed by atoms with Gasteiger partial charge in [-0.2, -0.15) is 0 Å². The summed E-state index contributed by atoms with van der Waals surface area (Å²) in [4.78, 5) is 19.2. The average Bonchev–Trinajstić information content (AvgIpc) is 3.80. The van der Waals surface area contributed by atoms with Crippen LogP contribution in [0.2, 0.25) is 5.02 Å². The van der Waals surface area contributed by atoms with E-state index in [9.17, 15) is 8.42 Å². The summed E-state index contributed by atoms with van der Waals surface area (Å²) >= 11 is 6.19. The molecule has 4 heterocycles. The lowest BCUT2D eigenvalue weighted by Gasteiger charge is -2.37. The van der Waals surface area contributed by atoms with E-state index in [1.807, 2.05) is 51.1 Å². The number of aliphatic imine (C=N–C) groups is 2. The molecular weight excluding hydrogens is 644 g/mol. The molecule has 46 heavy (non-hydrogen) atoms. The van der Waals surface area contributed by atoms with Gasteiger partial charge in [-0.1, -0.05) is 49.7 Å². The second-order valence-corrected chi connectivity index (χ2v) is 14.6. The first kappa shape index (κ1) is 34.6. The van der Waals surface area contributed by atoms with Crippen LogP contribution in [0.15, 0.2) is 63.4 Å². The molecule has 0 aromatic heterocycles. The monoisotopic (exact) mass is 690 g/mol. The Balaban J connectivity index is 0.000000182. The minimum atomic E-state index is -1.30. The molecule has 2 aromatic rings. The molecule has 4 aliphatic rings. The van der Waals surface area contributed by atoms with E-state index >= 15 is 0 Å². The van der Waals surface area contributed by atoms with E-state index < -0.39 is 22.0 Å². The van der Waals surface area contributed by atoms with Gasteiger partial charge in [0.15, 0.2) is 11.0 Å². The molecule has 2 unspecified atom stereocenters. The largest absolute Gasteiger partial charge is 0.497 e. The third-order valence-electron chi connectivity index (χ3n) is 8.66. The van der Waals surface area contributed by atoms with Crippen molar-refractivity contribution in [1.82, 2.24) is 28.2 Å². The van der Waals surface area contributed by atoms with Gasteiger partial charge < -0.3 is 24.3 Å². The molecule has 0 bridgehead atoms. The van der Waals surface area contributed by atoms with Gasteiger partial charge in [-0.25, -0.2) is 8.42 Å². The number of halogens is 1. The minimum absolute atomic E-state index is 0.491. The van der Waals surface area contributed by atoms with Crippen molar-refractivity contribution in [3.8, 4) is 5.75 Å². The van der Waals surface area contributed by atoms with Crippen LogP contribution in [0.25, 0.3) is 0 Å². The Labute approximate surface area is 284 Å². The summed E-state index contributed by atoms with van der Waals surface area (Å²) in [5.74, 6) is 3.06. The van der Waals surface area contributed by atoms with Crippen molar-refractivity contribution < 1.29 is 13.2 Å². The highest BCUT2D eigenvalue weighted by Gasteiger charge is 2.31. The van der Waals surface area contributed by atoms with Gasteiger partial charge in [0.25, 0.3) is 0 Å². The summed E-state index contributed by atoms with van der Waals surface area (Å²) in [5, 5.41) is 0.544. The number of methoxy groups -OCH3 is 1. The van der Waals surface area contributed by atoms with Crippen molar-refractivity contribution >= 4 is 45.5 Å². The Morgan fingerprint density at radius 1 is 0.739 bits per heavy atom. The smallest absolute Gasteiger partial charge is 0.209 e. The van der Waals surface area contributed by atoms with Crippen LogP contribution in [0, 0.1) is 0 Å². The maximum atomic E-state index is 12.9. The molecule has 14 heteroatoms. The quantitative estimate of drug-likeness (QED) is 0.421. The number of hydrogen-bond donors (Lipinski definition) is 0. The van der Waals surface area contributed by atoms with E-state index in [4.69, 9.17) is 16.3 Å². The zero-order valence-corrected chi connectivity index (χ0v) is 29.6. The minimum Gasteiger partial charge on any atom is -0.497 e. The van der Waals surface area contributed by atoms with Crippen LogP contribution in [0.1, 0.15) is 19.4 Å². The van der Waals surface area contributed by atoms with Crippen LogP contribution >= 0.6 is 11.6 Å². The number of piperazine rings is 2. The van der Waals surface area contributed by atoms with Gasteiger partial charge >= 0.3 is 0 Å². The Hall–Kier alpha value is -2.71. The summed E-state index contributed by atoms with van der Waals surface area (Å²) in [6, 6.07) is 15.1. The second kappa shape index (κ2) is 16.9. The molecule has 0 N–H and O–H groups in total. The van der Waals surface area contributed by atoms with Gasteiger partial charge in [0, 0.05) is 52.4 Å². The average molecular weight is 691 g/mol. The fraction of sp³-hybridized carbons (Fsp3) is 0.562. The van der Waals surface area contributed by atoms with Gasteiger partial charge in [0.2, 0.25) is 11.9 Å². The number of hydrogen-bond acceptors (Lipinski definition) is 9. The number of benzene rings is 2. The molecule has 0 saturated carbocycles. The van der Waals surface area contributed by atoms with Crippen molar-refractivity contribution in [2.24, 2.45) is 9.98 Å². The zero-order valence-electron chi connectivity index (χ0n) is 27.2. The Kier molecular flexibility index (Phi) is 12.7. The predicted octanol–water partition coefficient (Wildman–Crippen LogP) is 2.84. The molecule has 4 aliphatic heterocycles. The molecule has 2 saturated heterocycles. The predicted molar refractivity (Wildman–Crippen MR) is 188 cm³/mol. The third-order valence-corrected chi connectivity index (χ3v) is 12.0. The fourth-order valence-corrected chi connectivity index (χ4v) is 8.75. The SMILES string of the molecule is CCN1CCN(C2=NCCN2S(=O)Cc2cccc(OC)c2)CC1.CCN1CCN(C2=NCCN2S(=O)c2ccccc2Cl)CC1. The Bertz CT molecular complexity index is 1410. The topological polar surface area (TPSA) is 87.5 Å². The van der Waals surface area contributed by atoms with E-state index in [1.54, 1.807) is 13.2 Å². The maximum Gasteiger partial charge on any atom is 0.209 e. The van der Waals surface area contributed by atoms with Gasteiger partial charge in [-0.05, 0) is 42.9 Å². The standard InChI is InChI=1S/C17H26N4O2S.C15H21ClN4OS/c1-3-19-9-11-20(12-10-19)17-18-7-8-21(17)24(22)14-15-5-4-6-16(13-15)23-2;1-2-18-9-11-19(12-10-18)15-17-7-8-20(15)22(21)14-6-4-3-5-13(14)16/h4-6,13H,3,7-12,14H2,1-2H3;3-6H,2,7-12H2,1H3. The molecule has 252 valence electrons. The number of guanidine groups is 2. The highest BCUT2D eigenvalue weighted by Crippen LogP contribution is 2.24. The Morgan fingerprint density at radius 3 is 1.87 bits per heavy atom. The van der Waals surface area contributed by atoms with Crippen LogP contribution in [-0.2, 0) is 27.7 Å². The van der Waals surface area contributed by atoms with E-state index in [0.29, 0.717) is 28.8 Å². The number of rotatable bonds is 8. The number of ether oxygens (including phenoxy) is 1. The third kappa shape index (κ3) is 8.60. The van der Waals surface area contributed by atoms with E-state index in [0.717, 1.165) is 102 Å². The summed E-state index contributed by atoms with van der Waals surface area (Å²) in [6.07, 6.45) is 0. The molecule has 0 amide bonds. The molecule has 2 fully saturated rings. The van der Waals surface area contributed by atoms with Gasteiger partial charge in [-0.15, -0.1) is 0 Å². The first-order chi connectivity index (χ1) is 22.4. The number of likely N-dealkylation sites (N-methyl/N-ethyl adjacent to an activating group) is 2. The van der Waals surface area contributed by atoms with Crippen molar-refractivity contribution in [3.63, 3.8) is 0 Å². The highest BCUT2D eigenvalue weighted by molar-refractivity contribution is 7.83. The normalized spacial score (nSPS) is 20.6. The molecule has 0 spiro atoms. The molecule has 0 aliphatic carbocycles. The van der Waals surface area contributed by atoms with Gasteiger partial charge in [0.05, 0.1) is 49.0 Å².